The number of hydrogen-bond acceptors (Lipinski definition) is 3. The van der Waals surface area contributed by atoms with Crippen molar-refractivity contribution in [3.05, 3.63) is 29.6 Å². The van der Waals surface area contributed by atoms with E-state index in [4.69, 9.17) is 10.5 Å². The van der Waals surface area contributed by atoms with Gasteiger partial charge in [0.05, 0.1) is 7.11 Å². The van der Waals surface area contributed by atoms with Crippen LogP contribution < -0.4 is 10.5 Å². The minimum Gasteiger partial charge on any atom is -0.496 e. The molecule has 1 unspecified atom stereocenters. The van der Waals surface area contributed by atoms with Crippen molar-refractivity contribution >= 4 is 0 Å². The molecule has 1 saturated heterocycles. The lowest BCUT2D eigenvalue weighted by Crippen LogP contribution is -2.53. The van der Waals surface area contributed by atoms with Crippen molar-refractivity contribution in [1.29, 1.82) is 0 Å². The highest BCUT2D eigenvalue weighted by molar-refractivity contribution is 5.34. The number of nitrogens with two attached hydrogens (primary N) is 1. The summed E-state index contributed by atoms with van der Waals surface area (Å²) >= 11 is 0. The van der Waals surface area contributed by atoms with Crippen LogP contribution in [0.3, 0.4) is 0 Å². The molecule has 1 fully saturated rings. The maximum absolute atomic E-state index is 13.4. The smallest absolute Gasteiger partial charge is 0.123 e. The molecule has 19 heavy (non-hydrogen) atoms. The van der Waals surface area contributed by atoms with Crippen LogP contribution in [-0.4, -0.2) is 30.1 Å². The largest absolute Gasteiger partial charge is 0.496 e. The Labute approximate surface area is 114 Å². The maximum atomic E-state index is 13.4. The van der Waals surface area contributed by atoms with E-state index in [2.05, 4.69) is 18.7 Å². The zero-order chi connectivity index (χ0) is 14.0. The molecule has 0 radical (unpaired) electrons. The predicted molar refractivity (Wildman–Crippen MR) is 74.7 cm³/mol. The molecule has 1 aromatic rings. The fourth-order valence-electron chi connectivity index (χ4n) is 2.67. The van der Waals surface area contributed by atoms with Crippen LogP contribution in [0.4, 0.5) is 4.39 Å². The van der Waals surface area contributed by atoms with Gasteiger partial charge in [-0.1, -0.05) is 0 Å². The Balaban J connectivity index is 2.21. The van der Waals surface area contributed by atoms with Crippen LogP contribution in [0.1, 0.15) is 32.3 Å². The van der Waals surface area contributed by atoms with E-state index in [0.29, 0.717) is 6.54 Å². The summed E-state index contributed by atoms with van der Waals surface area (Å²) in [5.41, 5.74) is 7.02. The number of rotatable bonds is 3. The summed E-state index contributed by atoms with van der Waals surface area (Å²) in [6.07, 6.45) is 2.11. The van der Waals surface area contributed by atoms with Gasteiger partial charge in [0.15, 0.2) is 0 Å². The van der Waals surface area contributed by atoms with Crippen LogP contribution in [0.2, 0.25) is 0 Å². The molecule has 4 heteroatoms. The fraction of sp³-hybridized carbons (Fsp3) is 0.600. The Bertz CT molecular complexity index is 448. The van der Waals surface area contributed by atoms with E-state index in [0.717, 1.165) is 30.7 Å². The van der Waals surface area contributed by atoms with Gasteiger partial charge in [0.1, 0.15) is 11.6 Å². The average Bonchev–Trinajstić information content (AvgIpc) is 2.35. The molecule has 0 aromatic heterocycles. The van der Waals surface area contributed by atoms with Crippen LogP contribution >= 0.6 is 0 Å². The Hall–Kier alpha value is -1.13. The highest BCUT2D eigenvalue weighted by atomic mass is 19.1. The lowest BCUT2D eigenvalue weighted by Gasteiger charge is -2.45. The normalized spacial score (nSPS) is 23.3. The molecular weight excluding hydrogens is 243 g/mol. The minimum atomic E-state index is -0.227. The molecule has 1 aliphatic heterocycles. The van der Waals surface area contributed by atoms with Gasteiger partial charge in [-0.05, 0) is 44.9 Å². The van der Waals surface area contributed by atoms with Crippen LogP contribution in [0.5, 0.6) is 5.75 Å². The number of halogens is 1. The Kier molecular flexibility index (Phi) is 4.11. The summed E-state index contributed by atoms with van der Waals surface area (Å²) in [6.45, 7) is 5.93. The van der Waals surface area contributed by atoms with Gasteiger partial charge in [-0.25, -0.2) is 4.39 Å². The van der Waals surface area contributed by atoms with Crippen molar-refractivity contribution < 1.29 is 9.13 Å². The molecule has 1 heterocycles. The summed E-state index contributed by atoms with van der Waals surface area (Å²) in [4.78, 5) is 2.32. The fourth-order valence-corrected chi connectivity index (χ4v) is 2.67. The molecule has 0 aliphatic carbocycles. The second-order valence-corrected chi connectivity index (χ2v) is 5.95. The average molecular weight is 266 g/mol. The van der Waals surface area contributed by atoms with Gasteiger partial charge in [-0.3, -0.25) is 4.90 Å². The summed E-state index contributed by atoms with van der Waals surface area (Å²) in [6, 6.07) is 4.86. The van der Waals surface area contributed by atoms with E-state index >= 15 is 0 Å². The van der Waals surface area contributed by atoms with Crippen LogP contribution in [0, 0.1) is 5.82 Å². The van der Waals surface area contributed by atoms with E-state index in [-0.39, 0.29) is 17.4 Å². The van der Waals surface area contributed by atoms with Crippen molar-refractivity contribution in [1.82, 2.24) is 4.90 Å². The standard InChI is InChI=1S/C15H23FN2O/c1-15(2)7-6-13(17)10-18(15)9-11-8-12(16)4-5-14(11)19-3/h4-5,8,13H,6-7,9-10,17H2,1-3H3. The Morgan fingerprint density at radius 2 is 2.21 bits per heavy atom. The van der Waals surface area contributed by atoms with Gasteiger partial charge in [-0.15, -0.1) is 0 Å². The van der Waals surface area contributed by atoms with Crippen molar-refractivity contribution in [2.45, 2.75) is 44.8 Å². The first-order valence-electron chi connectivity index (χ1n) is 6.75. The van der Waals surface area contributed by atoms with Gasteiger partial charge >= 0.3 is 0 Å². The third-order valence-electron chi connectivity index (χ3n) is 4.04. The maximum Gasteiger partial charge on any atom is 0.123 e. The first kappa shape index (κ1) is 14.3. The Morgan fingerprint density at radius 1 is 1.47 bits per heavy atom. The molecule has 1 aliphatic rings. The van der Waals surface area contributed by atoms with Crippen LogP contribution in [0.25, 0.3) is 0 Å². The number of piperidine rings is 1. The third-order valence-corrected chi connectivity index (χ3v) is 4.04. The molecule has 3 nitrogen and oxygen atoms in total. The summed E-state index contributed by atoms with van der Waals surface area (Å²) in [7, 11) is 1.61. The first-order valence-corrected chi connectivity index (χ1v) is 6.75. The van der Waals surface area contributed by atoms with E-state index in [1.165, 1.54) is 6.07 Å². The van der Waals surface area contributed by atoms with Gasteiger partial charge in [-0.2, -0.15) is 0 Å². The SMILES string of the molecule is COc1ccc(F)cc1CN1CC(N)CCC1(C)C. The summed E-state index contributed by atoms with van der Waals surface area (Å²) in [5, 5.41) is 0. The van der Waals surface area contributed by atoms with E-state index in [9.17, 15) is 4.39 Å². The second kappa shape index (κ2) is 5.47. The van der Waals surface area contributed by atoms with E-state index < -0.39 is 0 Å². The molecule has 106 valence electrons. The zero-order valence-corrected chi connectivity index (χ0v) is 11.9. The van der Waals surface area contributed by atoms with Crippen molar-refractivity contribution in [2.75, 3.05) is 13.7 Å². The first-order chi connectivity index (χ1) is 8.92. The van der Waals surface area contributed by atoms with Gasteiger partial charge in [0, 0.05) is 30.2 Å². The molecule has 0 saturated carbocycles. The van der Waals surface area contributed by atoms with Crippen LogP contribution in [0.15, 0.2) is 18.2 Å². The zero-order valence-electron chi connectivity index (χ0n) is 11.9. The molecular formula is C15H23FN2O. The molecule has 1 aromatic carbocycles. The predicted octanol–water partition coefficient (Wildman–Crippen LogP) is 2.54. The number of likely N-dealkylation sites (tertiary alicyclic amines) is 1. The number of hydrogen-bond donors (Lipinski definition) is 1. The summed E-state index contributed by atoms with van der Waals surface area (Å²) < 4.78 is 18.7. The number of ether oxygens (including phenoxy) is 1. The van der Waals surface area contributed by atoms with E-state index in [1.54, 1.807) is 19.2 Å². The lowest BCUT2D eigenvalue weighted by molar-refractivity contribution is 0.0578. The quantitative estimate of drug-likeness (QED) is 0.913. The monoisotopic (exact) mass is 266 g/mol. The highest BCUT2D eigenvalue weighted by Gasteiger charge is 2.33. The molecule has 0 bridgehead atoms. The highest BCUT2D eigenvalue weighted by Crippen LogP contribution is 2.30. The Morgan fingerprint density at radius 3 is 2.89 bits per heavy atom. The minimum absolute atomic E-state index is 0.0905. The molecule has 0 amide bonds. The summed E-state index contributed by atoms with van der Waals surface area (Å²) in [5.74, 6) is 0.506. The molecule has 2 N–H and O–H groups in total. The van der Waals surface area contributed by atoms with Crippen LogP contribution in [-0.2, 0) is 6.54 Å². The number of methoxy groups -OCH3 is 1. The molecule has 1 atom stereocenters. The lowest BCUT2D eigenvalue weighted by atomic mass is 9.88. The van der Waals surface area contributed by atoms with Gasteiger partial charge < -0.3 is 10.5 Å². The van der Waals surface area contributed by atoms with E-state index in [1.807, 2.05) is 0 Å². The van der Waals surface area contributed by atoms with Crippen molar-refractivity contribution in [2.24, 2.45) is 5.73 Å². The number of nitrogens with zero attached hydrogens (tertiary/aromatic N) is 1. The molecule has 2 rings (SSSR count). The van der Waals surface area contributed by atoms with Gasteiger partial charge in [0.2, 0.25) is 0 Å². The van der Waals surface area contributed by atoms with Gasteiger partial charge in [0.25, 0.3) is 0 Å². The van der Waals surface area contributed by atoms with Crippen molar-refractivity contribution in [3.8, 4) is 5.75 Å². The van der Waals surface area contributed by atoms with Crippen molar-refractivity contribution in [3.63, 3.8) is 0 Å². The topological polar surface area (TPSA) is 38.5 Å². The second-order valence-electron chi connectivity index (χ2n) is 5.95. The third kappa shape index (κ3) is 3.25. The number of benzene rings is 1. The molecule has 0 spiro atoms.